The highest BCUT2D eigenvalue weighted by Crippen LogP contribution is 2.53. The number of rotatable bonds is 3. The minimum Gasteiger partial charge on any atom is -0.496 e. The maximum absolute atomic E-state index is 10.5. The van der Waals surface area contributed by atoms with Crippen molar-refractivity contribution in [2.45, 2.75) is 37.6 Å². The molecule has 2 aliphatic carbocycles. The quantitative estimate of drug-likeness (QED) is 0.590. The van der Waals surface area contributed by atoms with Gasteiger partial charge < -0.3 is 4.74 Å². The monoisotopic (exact) mass is 229 g/mol. The van der Waals surface area contributed by atoms with Gasteiger partial charge in [-0.15, -0.1) is 0 Å². The number of aryl methyl sites for hydroxylation is 1. The number of benzene rings is 1. The molecule has 3 rings (SSSR count). The van der Waals surface area contributed by atoms with Gasteiger partial charge in [-0.25, -0.2) is 4.79 Å². The van der Waals surface area contributed by atoms with Crippen molar-refractivity contribution in [2.75, 3.05) is 7.11 Å². The van der Waals surface area contributed by atoms with Gasteiger partial charge in [0.1, 0.15) is 11.3 Å². The molecule has 0 aliphatic heterocycles. The summed E-state index contributed by atoms with van der Waals surface area (Å²) in [5.41, 5.74) is 3.45. The Balaban J connectivity index is 2.15. The van der Waals surface area contributed by atoms with Crippen molar-refractivity contribution < 1.29 is 9.53 Å². The lowest BCUT2D eigenvalue weighted by molar-refractivity contribution is 0.400. The topological polar surface area (TPSA) is 38.7 Å². The molecule has 0 unspecified atom stereocenters. The second-order valence-electron chi connectivity index (χ2n) is 4.87. The number of carbonyl (C=O) groups excluding carboxylic acids is 1. The van der Waals surface area contributed by atoms with Crippen LogP contribution in [0.1, 0.15) is 36.0 Å². The van der Waals surface area contributed by atoms with E-state index in [1.165, 1.54) is 17.5 Å². The summed E-state index contributed by atoms with van der Waals surface area (Å²) in [4.78, 5) is 14.5. The summed E-state index contributed by atoms with van der Waals surface area (Å²) in [6.45, 7) is 0. The van der Waals surface area contributed by atoms with Gasteiger partial charge in [-0.1, -0.05) is 12.1 Å². The first kappa shape index (κ1) is 10.5. The van der Waals surface area contributed by atoms with Crippen molar-refractivity contribution in [2.24, 2.45) is 4.99 Å². The first-order valence-corrected chi connectivity index (χ1v) is 6.09. The van der Waals surface area contributed by atoms with Crippen molar-refractivity contribution in [3.05, 3.63) is 28.8 Å². The van der Waals surface area contributed by atoms with Crippen LogP contribution in [-0.2, 0) is 23.2 Å². The third-order valence-corrected chi connectivity index (χ3v) is 3.92. The Kier molecular flexibility index (Phi) is 2.30. The van der Waals surface area contributed by atoms with Gasteiger partial charge in [-0.05, 0) is 43.2 Å². The Morgan fingerprint density at radius 1 is 1.35 bits per heavy atom. The molecule has 88 valence electrons. The molecule has 0 heterocycles. The molecule has 0 radical (unpaired) electrons. The molecule has 0 saturated heterocycles. The lowest BCUT2D eigenvalue weighted by atomic mass is 9.98. The summed E-state index contributed by atoms with van der Waals surface area (Å²) in [5.74, 6) is 0.955. The van der Waals surface area contributed by atoms with Gasteiger partial charge in [0.2, 0.25) is 6.08 Å². The van der Waals surface area contributed by atoms with Crippen molar-refractivity contribution in [1.82, 2.24) is 0 Å². The maximum atomic E-state index is 10.5. The third-order valence-electron chi connectivity index (χ3n) is 3.92. The first-order chi connectivity index (χ1) is 8.30. The molecule has 1 aromatic rings. The fourth-order valence-electron chi connectivity index (χ4n) is 2.88. The third kappa shape index (κ3) is 1.50. The smallest absolute Gasteiger partial charge is 0.235 e. The van der Waals surface area contributed by atoms with E-state index in [0.29, 0.717) is 0 Å². The largest absolute Gasteiger partial charge is 0.496 e. The van der Waals surface area contributed by atoms with E-state index in [1.807, 2.05) is 0 Å². The van der Waals surface area contributed by atoms with E-state index in [-0.39, 0.29) is 5.54 Å². The zero-order valence-corrected chi connectivity index (χ0v) is 9.95. The first-order valence-electron chi connectivity index (χ1n) is 6.09. The fraction of sp³-hybridized carbons (Fsp3) is 0.500. The summed E-state index contributed by atoms with van der Waals surface area (Å²) in [7, 11) is 1.71. The van der Waals surface area contributed by atoms with Crippen LogP contribution in [0.5, 0.6) is 5.75 Å². The Hall–Kier alpha value is -1.60. The second-order valence-corrected chi connectivity index (χ2v) is 4.87. The molecule has 0 aromatic heterocycles. The molecular formula is C14H15NO2. The highest BCUT2D eigenvalue weighted by molar-refractivity contribution is 5.54. The van der Waals surface area contributed by atoms with Crippen LogP contribution in [0.25, 0.3) is 0 Å². The Morgan fingerprint density at radius 2 is 2.18 bits per heavy atom. The van der Waals surface area contributed by atoms with Crippen molar-refractivity contribution in [3.8, 4) is 5.75 Å². The van der Waals surface area contributed by atoms with Crippen LogP contribution in [0.2, 0.25) is 0 Å². The molecule has 1 aromatic carbocycles. The molecule has 0 atom stereocenters. The lowest BCUT2D eigenvalue weighted by Crippen LogP contribution is -2.07. The predicted octanol–water partition coefficient (Wildman–Crippen LogP) is 2.51. The molecule has 17 heavy (non-hydrogen) atoms. The molecule has 3 nitrogen and oxygen atoms in total. The normalized spacial score (nSPS) is 19.4. The summed E-state index contributed by atoms with van der Waals surface area (Å²) in [6.07, 6.45) is 6.97. The van der Waals surface area contributed by atoms with E-state index in [9.17, 15) is 4.79 Å². The highest BCUT2D eigenvalue weighted by Gasteiger charge is 2.47. The Bertz CT molecular complexity index is 511. The molecule has 0 N–H and O–H groups in total. The summed E-state index contributed by atoms with van der Waals surface area (Å²) < 4.78 is 5.57. The molecule has 0 amide bonds. The molecule has 0 spiro atoms. The average molecular weight is 229 g/mol. The zero-order chi connectivity index (χ0) is 11.9. The van der Waals surface area contributed by atoms with Gasteiger partial charge in [0.25, 0.3) is 0 Å². The number of aliphatic imine (C=N–C) groups is 1. The lowest BCUT2D eigenvalue weighted by Gasteiger charge is -2.17. The Morgan fingerprint density at radius 3 is 2.82 bits per heavy atom. The van der Waals surface area contributed by atoms with E-state index in [0.717, 1.165) is 37.0 Å². The fourth-order valence-corrected chi connectivity index (χ4v) is 2.88. The number of isocyanates is 1. The van der Waals surface area contributed by atoms with Gasteiger partial charge >= 0.3 is 0 Å². The van der Waals surface area contributed by atoms with Crippen LogP contribution in [-0.4, -0.2) is 13.2 Å². The van der Waals surface area contributed by atoms with E-state index in [4.69, 9.17) is 4.74 Å². The van der Waals surface area contributed by atoms with Crippen LogP contribution in [0.15, 0.2) is 17.1 Å². The van der Waals surface area contributed by atoms with Crippen molar-refractivity contribution >= 4 is 6.08 Å². The summed E-state index contributed by atoms with van der Waals surface area (Å²) >= 11 is 0. The molecule has 1 saturated carbocycles. The molecule has 3 heteroatoms. The number of hydrogen-bond acceptors (Lipinski definition) is 3. The van der Waals surface area contributed by atoms with Crippen LogP contribution in [0.3, 0.4) is 0 Å². The summed E-state index contributed by atoms with van der Waals surface area (Å²) in [6, 6.07) is 4.25. The average Bonchev–Trinajstić information content (AvgIpc) is 2.96. The van der Waals surface area contributed by atoms with E-state index < -0.39 is 0 Å². The van der Waals surface area contributed by atoms with Gasteiger partial charge in [-0.2, -0.15) is 4.99 Å². The number of ether oxygens (including phenoxy) is 1. The standard InChI is InChI=1S/C14H15NO2/c1-17-13-11-4-2-3-10(11)5-6-12(13)14(7-8-14)15-9-16/h5-6H,2-4,7-8H2,1H3. The van der Waals surface area contributed by atoms with Crippen LogP contribution < -0.4 is 4.74 Å². The predicted molar refractivity (Wildman–Crippen MR) is 64.1 cm³/mol. The van der Waals surface area contributed by atoms with Crippen LogP contribution >= 0.6 is 0 Å². The van der Waals surface area contributed by atoms with Gasteiger partial charge in [0.05, 0.1) is 7.11 Å². The number of nitrogens with zero attached hydrogens (tertiary/aromatic N) is 1. The molecular weight excluding hydrogens is 214 g/mol. The van der Waals surface area contributed by atoms with Gasteiger partial charge in [0, 0.05) is 5.56 Å². The number of hydrogen-bond donors (Lipinski definition) is 0. The summed E-state index contributed by atoms with van der Waals surface area (Å²) in [5, 5.41) is 0. The molecule has 0 bridgehead atoms. The van der Waals surface area contributed by atoms with Crippen molar-refractivity contribution in [3.63, 3.8) is 0 Å². The zero-order valence-electron chi connectivity index (χ0n) is 9.95. The minimum atomic E-state index is -0.329. The van der Waals surface area contributed by atoms with Crippen LogP contribution in [0.4, 0.5) is 0 Å². The number of methoxy groups -OCH3 is 1. The van der Waals surface area contributed by atoms with E-state index >= 15 is 0 Å². The maximum Gasteiger partial charge on any atom is 0.235 e. The van der Waals surface area contributed by atoms with E-state index in [2.05, 4.69) is 17.1 Å². The van der Waals surface area contributed by atoms with Crippen LogP contribution in [0, 0.1) is 0 Å². The Labute approximate surface area is 101 Å². The highest BCUT2D eigenvalue weighted by atomic mass is 16.5. The molecule has 1 fully saturated rings. The van der Waals surface area contributed by atoms with Gasteiger partial charge in [-0.3, -0.25) is 0 Å². The molecule has 2 aliphatic rings. The number of fused-ring (bicyclic) bond motifs is 1. The minimum absolute atomic E-state index is 0.329. The van der Waals surface area contributed by atoms with Gasteiger partial charge in [0.15, 0.2) is 0 Å². The SMILES string of the molecule is COc1c(C2(N=C=O)CC2)ccc2c1CCC2. The van der Waals surface area contributed by atoms with Crippen molar-refractivity contribution in [1.29, 1.82) is 0 Å². The van der Waals surface area contributed by atoms with E-state index in [1.54, 1.807) is 13.2 Å². The second kappa shape index (κ2) is 3.71.